The molecule has 0 saturated heterocycles. The lowest BCUT2D eigenvalue weighted by atomic mass is 10.1. The van der Waals surface area contributed by atoms with Gasteiger partial charge in [0.15, 0.2) is 0 Å². The van der Waals surface area contributed by atoms with Gasteiger partial charge in [0.1, 0.15) is 5.82 Å². The zero-order valence-corrected chi connectivity index (χ0v) is 8.12. The first kappa shape index (κ1) is 11.7. The van der Waals surface area contributed by atoms with Gasteiger partial charge in [-0.1, -0.05) is 17.7 Å². The normalized spacial score (nSPS) is 12.0. The van der Waals surface area contributed by atoms with Crippen LogP contribution < -0.4 is 5.73 Å². The molecule has 0 heterocycles. The zero-order valence-electron chi connectivity index (χ0n) is 6.55. The third kappa shape index (κ3) is 2.63. The summed E-state index contributed by atoms with van der Waals surface area (Å²) in [4.78, 5) is 0. The first-order valence-corrected chi connectivity index (χ1v) is 3.69. The minimum Gasteiger partial charge on any atom is -0.324 e. The second kappa shape index (κ2) is 4.65. The van der Waals surface area contributed by atoms with E-state index in [0.717, 1.165) is 5.56 Å². The fourth-order valence-corrected chi connectivity index (χ4v) is 0.985. The Bertz CT molecular complexity index is 263. The van der Waals surface area contributed by atoms with Crippen LogP contribution in [0.25, 0.3) is 0 Å². The Kier molecular flexibility index (Phi) is 4.53. The Morgan fingerprint density at radius 1 is 1.50 bits per heavy atom. The van der Waals surface area contributed by atoms with Crippen LogP contribution in [0.1, 0.15) is 18.5 Å². The molecular formula is C8H10Cl2FN. The van der Waals surface area contributed by atoms with Crippen LogP contribution in [0.3, 0.4) is 0 Å². The standard InChI is InChI=1S/C8H9ClFN.ClH/c1-5(11)6-2-3-8(10)7(9)4-6;/h2-5H,11H2,1H3;1H/t5-;/m1./s1. The van der Waals surface area contributed by atoms with Crippen LogP contribution in [0, 0.1) is 5.82 Å². The van der Waals surface area contributed by atoms with E-state index in [1.165, 1.54) is 6.07 Å². The van der Waals surface area contributed by atoms with Gasteiger partial charge >= 0.3 is 0 Å². The van der Waals surface area contributed by atoms with Crippen molar-refractivity contribution in [1.82, 2.24) is 0 Å². The van der Waals surface area contributed by atoms with E-state index in [0.29, 0.717) is 0 Å². The number of benzene rings is 1. The molecule has 1 nitrogen and oxygen atoms in total. The van der Waals surface area contributed by atoms with Gasteiger partial charge in [-0.05, 0) is 24.6 Å². The lowest BCUT2D eigenvalue weighted by Crippen LogP contribution is -2.04. The highest BCUT2D eigenvalue weighted by molar-refractivity contribution is 6.30. The van der Waals surface area contributed by atoms with Gasteiger partial charge in [0.25, 0.3) is 0 Å². The summed E-state index contributed by atoms with van der Waals surface area (Å²) in [5.41, 5.74) is 6.40. The molecule has 1 aromatic carbocycles. The first-order valence-electron chi connectivity index (χ1n) is 3.32. The van der Waals surface area contributed by atoms with Crippen LogP contribution in [0.15, 0.2) is 18.2 Å². The molecule has 0 aromatic heterocycles. The fourth-order valence-electron chi connectivity index (χ4n) is 0.796. The van der Waals surface area contributed by atoms with Crippen molar-refractivity contribution < 1.29 is 4.39 Å². The smallest absolute Gasteiger partial charge is 0.141 e. The van der Waals surface area contributed by atoms with Crippen molar-refractivity contribution in [1.29, 1.82) is 0 Å². The van der Waals surface area contributed by atoms with E-state index in [4.69, 9.17) is 17.3 Å². The van der Waals surface area contributed by atoms with Gasteiger partial charge in [0, 0.05) is 6.04 Å². The Labute approximate surface area is 82.1 Å². The second-order valence-electron chi connectivity index (χ2n) is 2.46. The van der Waals surface area contributed by atoms with Crippen molar-refractivity contribution >= 4 is 24.0 Å². The molecule has 0 aliphatic carbocycles. The maximum absolute atomic E-state index is 12.6. The van der Waals surface area contributed by atoms with Crippen LogP contribution in [0.5, 0.6) is 0 Å². The summed E-state index contributed by atoms with van der Waals surface area (Å²) in [5.74, 6) is -0.406. The quantitative estimate of drug-likeness (QED) is 0.757. The van der Waals surface area contributed by atoms with Crippen molar-refractivity contribution in [3.8, 4) is 0 Å². The maximum Gasteiger partial charge on any atom is 0.141 e. The van der Waals surface area contributed by atoms with Crippen molar-refractivity contribution in [2.45, 2.75) is 13.0 Å². The molecule has 4 heteroatoms. The van der Waals surface area contributed by atoms with E-state index in [9.17, 15) is 4.39 Å². The summed E-state index contributed by atoms with van der Waals surface area (Å²) >= 11 is 5.53. The van der Waals surface area contributed by atoms with Gasteiger partial charge in [0.2, 0.25) is 0 Å². The van der Waals surface area contributed by atoms with Gasteiger partial charge in [-0.2, -0.15) is 0 Å². The summed E-state index contributed by atoms with van der Waals surface area (Å²) in [6.07, 6.45) is 0. The van der Waals surface area contributed by atoms with Gasteiger partial charge < -0.3 is 5.73 Å². The molecule has 1 atom stereocenters. The van der Waals surface area contributed by atoms with Crippen LogP contribution in [-0.2, 0) is 0 Å². The second-order valence-corrected chi connectivity index (χ2v) is 2.87. The zero-order chi connectivity index (χ0) is 8.43. The van der Waals surface area contributed by atoms with Crippen molar-refractivity contribution in [3.05, 3.63) is 34.6 Å². The minimum atomic E-state index is -0.406. The summed E-state index contributed by atoms with van der Waals surface area (Å²) in [7, 11) is 0. The fraction of sp³-hybridized carbons (Fsp3) is 0.250. The molecule has 0 aliphatic rings. The van der Waals surface area contributed by atoms with Gasteiger partial charge in [-0.15, -0.1) is 12.4 Å². The van der Waals surface area contributed by atoms with Crippen molar-refractivity contribution in [2.24, 2.45) is 5.73 Å². The average molecular weight is 210 g/mol. The van der Waals surface area contributed by atoms with E-state index in [2.05, 4.69) is 0 Å². The Morgan fingerprint density at radius 3 is 2.50 bits per heavy atom. The monoisotopic (exact) mass is 209 g/mol. The molecule has 0 saturated carbocycles. The molecule has 2 N–H and O–H groups in total. The van der Waals surface area contributed by atoms with Gasteiger partial charge in [0.05, 0.1) is 5.02 Å². The molecule has 0 amide bonds. The van der Waals surface area contributed by atoms with Crippen LogP contribution in [-0.4, -0.2) is 0 Å². The van der Waals surface area contributed by atoms with E-state index >= 15 is 0 Å². The highest BCUT2D eigenvalue weighted by Crippen LogP contribution is 2.18. The van der Waals surface area contributed by atoms with E-state index in [1.54, 1.807) is 12.1 Å². The minimum absolute atomic E-state index is 0. The van der Waals surface area contributed by atoms with Crippen molar-refractivity contribution in [3.63, 3.8) is 0 Å². The number of rotatable bonds is 1. The van der Waals surface area contributed by atoms with Gasteiger partial charge in [-0.25, -0.2) is 4.39 Å². The first-order chi connectivity index (χ1) is 5.11. The third-order valence-corrected chi connectivity index (χ3v) is 1.76. The summed E-state index contributed by atoms with van der Waals surface area (Å²) < 4.78 is 12.6. The SMILES string of the molecule is C[C@@H](N)c1ccc(F)c(Cl)c1.Cl. The van der Waals surface area contributed by atoms with Crippen LogP contribution >= 0.6 is 24.0 Å². The highest BCUT2D eigenvalue weighted by Gasteiger charge is 2.03. The van der Waals surface area contributed by atoms with E-state index in [-0.39, 0.29) is 23.5 Å². The number of halogens is 3. The molecule has 0 bridgehead atoms. The maximum atomic E-state index is 12.6. The lowest BCUT2D eigenvalue weighted by molar-refractivity contribution is 0.626. The molecule has 68 valence electrons. The molecule has 12 heavy (non-hydrogen) atoms. The average Bonchev–Trinajstić information content (AvgIpc) is 1.94. The predicted octanol–water partition coefficient (Wildman–Crippen LogP) is 2.92. The van der Waals surface area contributed by atoms with Gasteiger partial charge in [-0.3, -0.25) is 0 Å². The molecule has 0 spiro atoms. The summed E-state index contributed by atoms with van der Waals surface area (Å²) in [5, 5.41) is 0.125. The van der Waals surface area contributed by atoms with Crippen molar-refractivity contribution in [2.75, 3.05) is 0 Å². The number of nitrogens with two attached hydrogens (primary N) is 1. The number of hydrogen-bond donors (Lipinski definition) is 1. The Hall–Kier alpha value is -0.310. The van der Waals surface area contributed by atoms with E-state index in [1.807, 2.05) is 6.92 Å². The van der Waals surface area contributed by atoms with Crippen LogP contribution in [0.2, 0.25) is 5.02 Å². The molecule has 0 fully saturated rings. The molecule has 1 rings (SSSR count). The summed E-state index contributed by atoms with van der Waals surface area (Å²) in [6.45, 7) is 1.82. The molecular weight excluding hydrogens is 200 g/mol. The van der Waals surface area contributed by atoms with Crippen LogP contribution in [0.4, 0.5) is 4.39 Å². The Balaban J connectivity index is 0.00000121. The molecule has 0 aliphatic heterocycles. The predicted molar refractivity (Wildman–Crippen MR) is 51.3 cm³/mol. The largest absolute Gasteiger partial charge is 0.324 e. The third-order valence-electron chi connectivity index (χ3n) is 1.47. The molecule has 0 radical (unpaired) electrons. The lowest BCUT2D eigenvalue weighted by Gasteiger charge is -2.05. The molecule has 0 unspecified atom stereocenters. The summed E-state index contributed by atoms with van der Waals surface area (Å²) in [6, 6.07) is 4.39. The highest BCUT2D eigenvalue weighted by atomic mass is 35.5. The Morgan fingerprint density at radius 2 is 2.08 bits per heavy atom. The van der Waals surface area contributed by atoms with E-state index < -0.39 is 5.82 Å². The topological polar surface area (TPSA) is 26.0 Å². The molecule has 1 aromatic rings. The number of hydrogen-bond acceptors (Lipinski definition) is 1.